The van der Waals surface area contributed by atoms with Gasteiger partial charge in [0.2, 0.25) is 10.0 Å². The molecule has 2 aromatic rings. The van der Waals surface area contributed by atoms with Gasteiger partial charge in [0.15, 0.2) is 0 Å². The molecule has 8 nitrogen and oxygen atoms in total. The highest BCUT2D eigenvalue weighted by atomic mass is 32.2. The highest BCUT2D eigenvalue weighted by Gasteiger charge is 2.40. The molecule has 2 heterocycles. The van der Waals surface area contributed by atoms with E-state index < -0.39 is 25.9 Å². The molecule has 0 atom stereocenters. The zero-order valence-electron chi connectivity index (χ0n) is 18.0. The van der Waals surface area contributed by atoms with Gasteiger partial charge >= 0.3 is 0 Å². The second-order valence-electron chi connectivity index (χ2n) is 8.44. The predicted octanol–water partition coefficient (Wildman–Crippen LogP) is 2.21. The molecule has 32 heavy (non-hydrogen) atoms. The van der Waals surface area contributed by atoms with Crippen LogP contribution in [0.4, 0.5) is 15.8 Å². The summed E-state index contributed by atoms with van der Waals surface area (Å²) in [7, 11) is -4.93. The molecule has 2 saturated heterocycles. The number of halogens is 1. The number of rotatable bonds is 6. The van der Waals surface area contributed by atoms with E-state index in [1.807, 2.05) is 4.90 Å². The molecule has 2 fully saturated rings. The number of para-hydroxylation sites is 1. The summed E-state index contributed by atoms with van der Waals surface area (Å²) in [5.41, 5.74) is 0.528. The van der Waals surface area contributed by atoms with Crippen LogP contribution in [0.15, 0.2) is 52.3 Å². The zero-order valence-corrected chi connectivity index (χ0v) is 19.6. The van der Waals surface area contributed by atoms with Gasteiger partial charge in [-0.3, -0.25) is 4.72 Å². The maximum atomic E-state index is 14.8. The van der Waals surface area contributed by atoms with Crippen LogP contribution in [0.3, 0.4) is 0 Å². The number of nitrogens with one attached hydrogen (secondary N) is 2. The Bertz CT molecular complexity index is 1200. The van der Waals surface area contributed by atoms with E-state index in [4.69, 9.17) is 0 Å². The molecule has 2 aliphatic heterocycles. The summed E-state index contributed by atoms with van der Waals surface area (Å²) in [6.45, 7) is 2.25. The lowest BCUT2D eigenvalue weighted by molar-refractivity contribution is 0.163. The molecule has 2 N–H and O–H groups in total. The summed E-state index contributed by atoms with van der Waals surface area (Å²) in [6, 6.07) is 9.25. The van der Waals surface area contributed by atoms with E-state index in [0.29, 0.717) is 13.1 Å². The minimum Gasteiger partial charge on any atom is -0.367 e. The number of benzene rings is 2. The molecule has 0 unspecified atom stereocenters. The molecule has 174 valence electrons. The van der Waals surface area contributed by atoms with E-state index in [1.54, 1.807) is 0 Å². The summed E-state index contributed by atoms with van der Waals surface area (Å²) in [6.07, 6.45) is 2.85. The highest BCUT2D eigenvalue weighted by Crippen LogP contribution is 2.37. The van der Waals surface area contributed by atoms with Crippen molar-refractivity contribution in [2.45, 2.75) is 34.6 Å². The van der Waals surface area contributed by atoms with E-state index in [9.17, 15) is 21.2 Å². The Balaban J connectivity index is 1.58. The standard InChI is InChI=1S/C21H27FN4O4S2/c1-25(2)32(29,30)17-8-6-16(7-9-17)31(27,28)24-19-5-3-4-18(22)20(19)26-14-11-21(12-15-26)10-13-23-21/h3-9,23-24H,10-15H2,1-2H3. The molecular formula is C21H27FN4O4S2. The van der Waals surface area contributed by atoms with Gasteiger partial charge in [0.05, 0.1) is 21.2 Å². The first-order chi connectivity index (χ1) is 15.0. The van der Waals surface area contributed by atoms with Gasteiger partial charge in [0.25, 0.3) is 10.0 Å². The number of anilines is 2. The van der Waals surface area contributed by atoms with Crippen molar-refractivity contribution in [1.82, 2.24) is 9.62 Å². The lowest BCUT2D eigenvalue weighted by Crippen LogP contribution is -2.62. The van der Waals surface area contributed by atoms with Crippen molar-refractivity contribution in [2.24, 2.45) is 0 Å². The minimum atomic E-state index is -4.05. The van der Waals surface area contributed by atoms with Gasteiger partial charge in [0, 0.05) is 32.7 Å². The third-order valence-corrected chi connectivity index (χ3v) is 9.49. The maximum Gasteiger partial charge on any atom is 0.261 e. The van der Waals surface area contributed by atoms with Crippen LogP contribution < -0.4 is 14.9 Å². The SMILES string of the molecule is CN(C)S(=O)(=O)c1ccc(S(=O)(=O)Nc2cccc(F)c2N2CCC3(CCN3)CC2)cc1. The van der Waals surface area contributed by atoms with Crippen molar-refractivity contribution in [2.75, 3.05) is 43.4 Å². The molecule has 2 aliphatic rings. The highest BCUT2D eigenvalue weighted by molar-refractivity contribution is 7.92. The summed E-state index contributed by atoms with van der Waals surface area (Å²) >= 11 is 0. The Kier molecular flexibility index (Phi) is 5.95. The van der Waals surface area contributed by atoms with E-state index in [2.05, 4.69) is 10.0 Å². The van der Waals surface area contributed by atoms with Gasteiger partial charge < -0.3 is 10.2 Å². The second-order valence-corrected chi connectivity index (χ2v) is 12.3. The zero-order chi connectivity index (χ0) is 23.1. The molecule has 11 heteroatoms. The van der Waals surface area contributed by atoms with Crippen molar-refractivity contribution >= 4 is 31.4 Å². The van der Waals surface area contributed by atoms with Crippen molar-refractivity contribution in [1.29, 1.82) is 0 Å². The van der Waals surface area contributed by atoms with Crippen LogP contribution >= 0.6 is 0 Å². The van der Waals surface area contributed by atoms with Crippen LogP contribution in [0, 0.1) is 5.82 Å². The van der Waals surface area contributed by atoms with Gasteiger partial charge in [-0.05, 0) is 62.2 Å². The number of hydrogen-bond acceptors (Lipinski definition) is 6. The van der Waals surface area contributed by atoms with E-state index in [0.717, 1.165) is 30.1 Å². The first-order valence-electron chi connectivity index (χ1n) is 10.4. The first kappa shape index (κ1) is 23.0. The molecule has 0 saturated carbocycles. The number of piperidine rings is 1. The Morgan fingerprint density at radius 3 is 2.09 bits per heavy atom. The van der Waals surface area contributed by atoms with E-state index in [1.165, 1.54) is 56.6 Å². The third kappa shape index (κ3) is 4.21. The number of hydrogen-bond donors (Lipinski definition) is 2. The van der Waals surface area contributed by atoms with Crippen LogP contribution in [0.5, 0.6) is 0 Å². The van der Waals surface area contributed by atoms with Crippen LogP contribution in [0.25, 0.3) is 0 Å². The van der Waals surface area contributed by atoms with Crippen molar-refractivity contribution < 1.29 is 21.2 Å². The largest absolute Gasteiger partial charge is 0.367 e. The lowest BCUT2D eigenvalue weighted by Gasteiger charge is -2.49. The van der Waals surface area contributed by atoms with E-state index in [-0.39, 0.29) is 26.7 Å². The Morgan fingerprint density at radius 1 is 0.969 bits per heavy atom. The van der Waals surface area contributed by atoms with Gasteiger partial charge in [-0.25, -0.2) is 25.5 Å². The smallest absolute Gasteiger partial charge is 0.261 e. The molecule has 0 aromatic heterocycles. The summed E-state index contributed by atoms with van der Waals surface area (Å²) in [5.74, 6) is -0.491. The molecule has 0 radical (unpaired) electrons. The lowest BCUT2D eigenvalue weighted by atomic mass is 9.79. The Morgan fingerprint density at radius 2 is 1.56 bits per heavy atom. The monoisotopic (exact) mass is 482 g/mol. The minimum absolute atomic E-state index is 0.0141. The molecule has 2 aromatic carbocycles. The predicted molar refractivity (Wildman–Crippen MR) is 121 cm³/mol. The molecular weight excluding hydrogens is 455 g/mol. The molecule has 0 aliphatic carbocycles. The summed E-state index contributed by atoms with van der Waals surface area (Å²) in [4.78, 5) is 1.76. The fourth-order valence-electron chi connectivity index (χ4n) is 4.19. The Labute approximate surface area is 188 Å². The van der Waals surface area contributed by atoms with E-state index >= 15 is 0 Å². The number of nitrogens with zero attached hydrogens (tertiary/aromatic N) is 2. The second kappa shape index (κ2) is 8.29. The third-order valence-electron chi connectivity index (χ3n) is 6.28. The average Bonchev–Trinajstić information content (AvgIpc) is 2.73. The van der Waals surface area contributed by atoms with Crippen LogP contribution in [-0.4, -0.2) is 60.4 Å². The first-order valence-corrected chi connectivity index (χ1v) is 13.3. The van der Waals surface area contributed by atoms with Crippen LogP contribution in [0.2, 0.25) is 0 Å². The van der Waals surface area contributed by atoms with Crippen molar-refractivity contribution in [3.05, 3.63) is 48.3 Å². The van der Waals surface area contributed by atoms with Gasteiger partial charge in [-0.15, -0.1) is 0 Å². The van der Waals surface area contributed by atoms with Crippen LogP contribution in [-0.2, 0) is 20.0 Å². The fourth-order valence-corrected chi connectivity index (χ4v) is 6.16. The maximum absolute atomic E-state index is 14.8. The fraction of sp³-hybridized carbons (Fsp3) is 0.429. The normalized spacial score (nSPS) is 18.6. The van der Waals surface area contributed by atoms with Crippen LogP contribution in [0.1, 0.15) is 19.3 Å². The molecule has 0 bridgehead atoms. The van der Waals surface area contributed by atoms with Crippen molar-refractivity contribution in [3.63, 3.8) is 0 Å². The van der Waals surface area contributed by atoms with Crippen molar-refractivity contribution in [3.8, 4) is 0 Å². The van der Waals surface area contributed by atoms with Gasteiger partial charge in [-0.1, -0.05) is 6.07 Å². The summed E-state index contributed by atoms with van der Waals surface area (Å²) < 4.78 is 68.7. The van der Waals surface area contributed by atoms with Gasteiger partial charge in [0.1, 0.15) is 5.82 Å². The quantitative estimate of drug-likeness (QED) is 0.655. The average molecular weight is 483 g/mol. The molecule has 4 rings (SSSR count). The van der Waals surface area contributed by atoms with Gasteiger partial charge in [-0.2, -0.15) is 0 Å². The summed E-state index contributed by atoms with van der Waals surface area (Å²) in [5, 5.41) is 3.47. The Hall–Kier alpha value is -2.21. The molecule has 1 spiro atoms. The topological polar surface area (TPSA) is 98.8 Å². The number of sulfonamides is 2. The molecule has 0 amide bonds.